The number of carbonyl (C=O) groups is 1. The zero-order valence-electron chi connectivity index (χ0n) is 16.5. The summed E-state index contributed by atoms with van der Waals surface area (Å²) in [5.41, 5.74) is 2.20. The van der Waals surface area contributed by atoms with E-state index in [1.54, 1.807) is 6.92 Å². The minimum Gasteiger partial charge on any atom is -0.411 e. The maximum atomic E-state index is 13.3. The Morgan fingerprint density at radius 1 is 1.07 bits per heavy atom. The van der Waals surface area contributed by atoms with Crippen LogP contribution in [0.15, 0.2) is 52.1 Å². The minimum absolute atomic E-state index is 0.0462. The Morgan fingerprint density at radius 2 is 1.76 bits per heavy atom. The van der Waals surface area contributed by atoms with Gasteiger partial charge in [0.1, 0.15) is 0 Å². The fraction of sp³-hybridized carbons (Fsp3) is 0.286. The molecule has 1 heterocycles. The first-order valence-corrected chi connectivity index (χ1v) is 9.88. The molecule has 1 aromatic heterocycles. The van der Waals surface area contributed by atoms with E-state index in [1.165, 1.54) is 11.6 Å². The van der Waals surface area contributed by atoms with Crippen molar-refractivity contribution in [2.45, 2.75) is 43.6 Å². The molecule has 1 N–H and O–H groups in total. The zero-order chi connectivity index (χ0) is 21.2. The summed E-state index contributed by atoms with van der Waals surface area (Å²) in [7, 11) is 0. The lowest BCUT2D eigenvalue weighted by molar-refractivity contribution is -0.115. The summed E-state index contributed by atoms with van der Waals surface area (Å²) < 4.78 is 31.9. The van der Waals surface area contributed by atoms with Crippen molar-refractivity contribution >= 4 is 23.4 Å². The average Bonchev–Trinajstić information content (AvgIpc) is 3.12. The topological polar surface area (TPSA) is 68.0 Å². The lowest BCUT2D eigenvalue weighted by Crippen LogP contribution is -2.22. The van der Waals surface area contributed by atoms with Gasteiger partial charge < -0.3 is 9.73 Å². The van der Waals surface area contributed by atoms with Crippen LogP contribution in [0.3, 0.4) is 0 Å². The summed E-state index contributed by atoms with van der Waals surface area (Å²) in [6, 6.07) is 11.0. The van der Waals surface area contributed by atoms with Crippen LogP contribution >= 0.6 is 11.8 Å². The third kappa shape index (κ3) is 5.20. The number of amides is 1. The predicted molar refractivity (Wildman–Crippen MR) is 109 cm³/mol. The number of halogens is 2. The van der Waals surface area contributed by atoms with Crippen molar-refractivity contribution in [3.63, 3.8) is 0 Å². The molecule has 0 aliphatic rings. The van der Waals surface area contributed by atoms with E-state index >= 15 is 0 Å². The molecule has 0 spiro atoms. The Bertz CT molecular complexity index is 1010. The van der Waals surface area contributed by atoms with E-state index in [9.17, 15) is 13.6 Å². The zero-order valence-corrected chi connectivity index (χ0v) is 17.3. The van der Waals surface area contributed by atoms with Gasteiger partial charge in [-0.25, -0.2) is 8.78 Å². The molecule has 0 saturated carbocycles. The van der Waals surface area contributed by atoms with Gasteiger partial charge in [0.25, 0.3) is 5.22 Å². The number of anilines is 1. The van der Waals surface area contributed by atoms with Gasteiger partial charge in [-0.15, -0.1) is 10.2 Å². The quantitative estimate of drug-likeness (QED) is 0.561. The lowest BCUT2D eigenvalue weighted by atomic mass is 9.87. The standard InChI is InChI=1S/C21H21F2N3O2S/c1-12(18(27)24-15-9-10-16(22)17(23)11-15)29-20-26-25-19(28-20)13-5-7-14(8-6-13)21(2,3)4/h5-12H,1-4H3,(H,24,27)/t12-/m0/s1. The lowest BCUT2D eigenvalue weighted by Gasteiger charge is -2.18. The third-order valence-electron chi connectivity index (χ3n) is 4.24. The summed E-state index contributed by atoms with van der Waals surface area (Å²) in [6.07, 6.45) is 0. The van der Waals surface area contributed by atoms with Crippen LogP contribution < -0.4 is 5.32 Å². The Labute approximate surface area is 171 Å². The summed E-state index contributed by atoms with van der Waals surface area (Å²) >= 11 is 1.08. The van der Waals surface area contributed by atoms with Gasteiger partial charge in [-0.2, -0.15) is 0 Å². The predicted octanol–water partition coefficient (Wildman–Crippen LogP) is 5.43. The molecular weight excluding hydrogens is 396 g/mol. The van der Waals surface area contributed by atoms with Gasteiger partial charge in [0.2, 0.25) is 11.8 Å². The number of hydrogen-bond donors (Lipinski definition) is 1. The SMILES string of the molecule is C[C@H](Sc1nnc(-c2ccc(C(C)(C)C)cc2)o1)C(=O)Nc1ccc(F)c(F)c1. The number of hydrogen-bond acceptors (Lipinski definition) is 5. The van der Waals surface area contributed by atoms with Crippen molar-refractivity contribution in [1.82, 2.24) is 10.2 Å². The van der Waals surface area contributed by atoms with Crippen LogP contribution in [0, 0.1) is 11.6 Å². The van der Waals surface area contributed by atoms with Crippen molar-refractivity contribution < 1.29 is 18.0 Å². The number of nitrogens with zero attached hydrogens (tertiary/aromatic N) is 2. The molecule has 0 aliphatic carbocycles. The molecule has 3 rings (SSSR count). The summed E-state index contributed by atoms with van der Waals surface area (Å²) in [5, 5.41) is 10.2. The van der Waals surface area contributed by atoms with E-state index in [0.29, 0.717) is 5.89 Å². The second-order valence-electron chi connectivity index (χ2n) is 7.58. The largest absolute Gasteiger partial charge is 0.411 e. The second-order valence-corrected chi connectivity index (χ2v) is 8.87. The summed E-state index contributed by atoms with van der Waals surface area (Å²) in [6.45, 7) is 8.06. The molecule has 5 nitrogen and oxygen atoms in total. The highest BCUT2D eigenvalue weighted by Gasteiger charge is 2.20. The molecule has 2 aromatic carbocycles. The molecule has 1 atom stereocenters. The van der Waals surface area contributed by atoms with Crippen LogP contribution in [0.2, 0.25) is 0 Å². The van der Waals surface area contributed by atoms with Crippen LogP contribution in [0.4, 0.5) is 14.5 Å². The van der Waals surface area contributed by atoms with Gasteiger partial charge in [-0.1, -0.05) is 44.7 Å². The van der Waals surface area contributed by atoms with Crippen LogP contribution in [0.1, 0.15) is 33.3 Å². The van der Waals surface area contributed by atoms with E-state index in [4.69, 9.17) is 4.42 Å². The summed E-state index contributed by atoms with van der Waals surface area (Å²) in [5.74, 6) is -2.03. The van der Waals surface area contributed by atoms with Crippen LogP contribution in [-0.2, 0) is 10.2 Å². The first-order chi connectivity index (χ1) is 13.6. The van der Waals surface area contributed by atoms with Crippen LogP contribution in [-0.4, -0.2) is 21.4 Å². The van der Waals surface area contributed by atoms with Crippen molar-refractivity contribution in [2.75, 3.05) is 5.32 Å². The van der Waals surface area contributed by atoms with Crippen molar-refractivity contribution in [3.8, 4) is 11.5 Å². The monoisotopic (exact) mass is 417 g/mol. The van der Waals surface area contributed by atoms with Crippen LogP contribution in [0.25, 0.3) is 11.5 Å². The highest BCUT2D eigenvalue weighted by molar-refractivity contribution is 8.00. The molecule has 3 aromatic rings. The number of benzene rings is 2. The first kappa shape index (κ1) is 21.0. The van der Waals surface area contributed by atoms with Gasteiger partial charge >= 0.3 is 0 Å². The minimum atomic E-state index is -1.03. The fourth-order valence-electron chi connectivity index (χ4n) is 2.51. The van der Waals surface area contributed by atoms with Crippen molar-refractivity contribution in [2.24, 2.45) is 0 Å². The number of rotatable bonds is 5. The smallest absolute Gasteiger partial charge is 0.277 e. The molecule has 0 saturated heterocycles. The molecule has 29 heavy (non-hydrogen) atoms. The van der Waals surface area contributed by atoms with E-state index in [2.05, 4.69) is 36.3 Å². The molecule has 0 unspecified atom stereocenters. The van der Waals surface area contributed by atoms with E-state index in [0.717, 1.165) is 29.5 Å². The Balaban J connectivity index is 1.64. The number of thioether (sulfide) groups is 1. The Morgan fingerprint density at radius 3 is 2.38 bits per heavy atom. The number of aromatic nitrogens is 2. The summed E-state index contributed by atoms with van der Waals surface area (Å²) in [4.78, 5) is 12.3. The molecule has 1 amide bonds. The molecule has 0 aliphatic heterocycles. The van der Waals surface area contributed by atoms with E-state index in [1.807, 2.05) is 24.3 Å². The number of carbonyl (C=O) groups excluding carboxylic acids is 1. The average molecular weight is 417 g/mol. The maximum absolute atomic E-state index is 13.3. The Kier molecular flexibility index (Phi) is 6.02. The molecule has 0 bridgehead atoms. The van der Waals surface area contributed by atoms with Gasteiger partial charge in [-0.3, -0.25) is 4.79 Å². The highest BCUT2D eigenvalue weighted by Crippen LogP contribution is 2.29. The first-order valence-electron chi connectivity index (χ1n) is 9.00. The van der Waals surface area contributed by atoms with Gasteiger partial charge in [0.15, 0.2) is 11.6 Å². The van der Waals surface area contributed by atoms with E-state index in [-0.39, 0.29) is 16.3 Å². The maximum Gasteiger partial charge on any atom is 0.277 e. The van der Waals surface area contributed by atoms with Crippen molar-refractivity contribution in [1.29, 1.82) is 0 Å². The molecule has 152 valence electrons. The molecule has 0 fully saturated rings. The molecule has 8 heteroatoms. The van der Waals surface area contributed by atoms with Crippen molar-refractivity contribution in [3.05, 3.63) is 59.7 Å². The fourth-order valence-corrected chi connectivity index (χ4v) is 3.19. The normalized spacial score (nSPS) is 12.6. The highest BCUT2D eigenvalue weighted by atomic mass is 32.2. The van der Waals surface area contributed by atoms with Gasteiger partial charge in [0.05, 0.1) is 5.25 Å². The third-order valence-corrected chi connectivity index (χ3v) is 5.17. The molecular formula is C21H21F2N3O2S. The number of nitrogens with one attached hydrogen (secondary N) is 1. The van der Waals surface area contributed by atoms with Crippen LogP contribution in [0.5, 0.6) is 0 Å². The second kappa shape index (κ2) is 8.32. The van der Waals surface area contributed by atoms with Gasteiger partial charge in [0, 0.05) is 17.3 Å². The van der Waals surface area contributed by atoms with E-state index < -0.39 is 22.8 Å². The van der Waals surface area contributed by atoms with Gasteiger partial charge in [-0.05, 0) is 42.2 Å². The Hall–Kier alpha value is -2.74. The molecule has 0 radical (unpaired) electrons.